The monoisotopic (exact) mass is 485 g/mol. The highest BCUT2D eigenvalue weighted by Gasteiger charge is 2.36. The molecule has 1 aromatic heterocycles. The molecule has 1 aliphatic rings. The Bertz CT molecular complexity index is 1400. The van der Waals surface area contributed by atoms with E-state index < -0.39 is 6.10 Å². The van der Waals surface area contributed by atoms with E-state index in [1.165, 1.54) is 5.56 Å². The molecule has 0 unspecified atom stereocenters. The fourth-order valence-corrected chi connectivity index (χ4v) is 4.82. The van der Waals surface area contributed by atoms with Crippen LogP contribution in [-0.4, -0.2) is 46.9 Å². The Morgan fingerprint density at radius 1 is 1.06 bits per heavy atom. The lowest BCUT2D eigenvalue weighted by Gasteiger charge is -2.20. The van der Waals surface area contributed by atoms with Gasteiger partial charge in [-0.3, -0.25) is 4.79 Å². The van der Waals surface area contributed by atoms with E-state index in [1.54, 1.807) is 12.0 Å². The molecule has 4 aromatic rings. The highest BCUT2D eigenvalue weighted by atomic mass is 16.5. The molecule has 0 aliphatic carbocycles. The highest BCUT2D eigenvalue weighted by Crippen LogP contribution is 2.37. The van der Waals surface area contributed by atoms with Crippen LogP contribution in [0.5, 0.6) is 11.5 Å². The summed E-state index contributed by atoms with van der Waals surface area (Å²) in [4.78, 5) is 19.7. The number of hydrogen-bond acceptors (Lipinski definition) is 5. The SMILES string of the molecule is COc1ccccc1N1C[C@@H](c2nc3ccccc3n2C[C@H](O)COc2ccc(C)c(C)c2)CC1=O. The fraction of sp³-hybridized carbons (Fsp3) is 0.310. The molecule has 1 saturated heterocycles. The van der Waals surface area contributed by atoms with Crippen LogP contribution in [-0.2, 0) is 11.3 Å². The number of imidazole rings is 1. The van der Waals surface area contributed by atoms with Gasteiger partial charge in [0.15, 0.2) is 0 Å². The molecule has 7 heteroatoms. The van der Waals surface area contributed by atoms with Crippen LogP contribution in [0.15, 0.2) is 66.7 Å². The zero-order chi connectivity index (χ0) is 25.2. The van der Waals surface area contributed by atoms with Crippen molar-refractivity contribution in [2.24, 2.45) is 0 Å². The Morgan fingerprint density at radius 3 is 2.64 bits per heavy atom. The predicted octanol–water partition coefficient (Wildman–Crippen LogP) is 4.62. The van der Waals surface area contributed by atoms with Gasteiger partial charge >= 0.3 is 0 Å². The molecular formula is C29H31N3O4. The Morgan fingerprint density at radius 2 is 1.83 bits per heavy atom. The third-order valence-electron chi connectivity index (χ3n) is 6.86. The van der Waals surface area contributed by atoms with Crippen molar-refractivity contribution in [2.45, 2.75) is 38.8 Å². The lowest BCUT2D eigenvalue weighted by Crippen LogP contribution is -2.26. The zero-order valence-corrected chi connectivity index (χ0v) is 20.8. The van der Waals surface area contributed by atoms with E-state index >= 15 is 0 Å². The van der Waals surface area contributed by atoms with Gasteiger partial charge in [0.1, 0.15) is 30.0 Å². The Kier molecular flexibility index (Phi) is 6.65. The molecule has 1 aliphatic heterocycles. The summed E-state index contributed by atoms with van der Waals surface area (Å²) in [6.45, 7) is 5.07. The molecule has 36 heavy (non-hydrogen) atoms. The lowest BCUT2D eigenvalue weighted by atomic mass is 10.1. The largest absolute Gasteiger partial charge is 0.495 e. The number of rotatable bonds is 8. The maximum absolute atomic E-state index is 13.1. The molecule has 0 radical (unpaired) electrons. The summed E-state index contributed by atoms with van der Waals surface area (Å²) in [6, 6.07) is 21.3. The van der Waals surface area contributed by atoms with Gasteiger partial charge in [0.2, 0.25) is 5.91 Å². The first kappa shape index (κ1) is 23.9. The number of aromatic nitrogens is 2. The number of methoxy groups -OCH3 is 1. The Labute approximate surface area is 210 Å². The second-order valence-electron chi connectivity index (χ2n) is 9.36. The van der Waals surface area contributed by atoms with Crippen molar-refractivity contribution in [2.75, 3.05) is 25.2 Å². The van der Waals surface area contributed by atoms with E-state index in [9.17, 15) is 9.90 Å². The van der Waals surface area contributed by atoms with Gasteiger partial charge in [0, 0.05) is 18.9 Å². The quantitative estimate of drug-likeness (QED) is 0.394. The summed E-state index contributed by atoms with van der Waals surface area (Å²) in [7, 11) is 1.61. The Hall–Kier alpha value is -3.84. The predicted molar refractivity (Wildman–Crippen MR) is 140 cm³/mol. The van der Waals surface area contributed by atoms with E-state index in [0.29, 0.717) is 25.3 Å². The molecule has 1 amide bonds. The smallest absolute Gasteiger partial charge is 0.227 e. The van der Waals surface area contributed by atoms with Crippen LogP contribution in [0.1, 0.15) is 29.3 Å². The first-order valence-electron chi connectivity index (χ1n) is 12.2. The van der Waals surface area contributed by atoms with Crippen LogP contribution in [0.25, 0.3) is 11.0 Å². The molecule has 0 spiro atoms. The summed E-state index contributed by atoms with van der Waals surface area (Å²) in [6.07, 6.45) is -0.401. The topological polar surface area (TPSA) is 76.8 Å². The number of hydrogen-bond donors (Lipinski definition) is 1. The number of para-hydroxylation sites is 4. The van der Waals surface area contributed by atoms with Crippen LogP contribution >= 0.6 is 0 Å². The zero-order valence-electron chi connectivity index (χ0n) is 20.8. The van der Waals surface area contributed by atoms with Gasteiger partial charge in [-0.15, -0.1) is 0 Å². The molecule has 7 nitrogen and oxygen atoms in total. The van der Waals surface area contributed by atoms with E-state index in [2.05, 4.69) is 6.92 Å². The lowest BCUT2D eigenvalue weighted by molar-refractivity contribution is -0.117. The average molecular weight is 486 g/mol. The minimum Gasteiger partial charge on any atom is -0.495 e. The summed E-state index contributed by atoms with van der Waals surface area (Å²) in [5.74, 6) is 2.12. The standard InChI is InChI=1S/C29H31N3O4/c1-19-12-13-23(14-20(19)2)36-18-22(33)17-32-25-9-5-4-8-24(25)30-29(32)21-15-28(34)31(16-21)26-10-6-7-11-27(26)35-3/h4-14,21-22,33H,15-18H2,1-3H3/t21-,22-/m0/s1. The second kappa shape index (κ2) is 10.0. The third kappa shape index (κ3) is 4.66. The van der Waals surface area contributed by atoms with Crippen molar-refractivity contribution in [3.05, 3.63) is 83.7 Å². The number of amides is 1. The van der Waals surface area contributed by atoms with Crippen molar-refractivity contribution in [3.63, 3.8) is 0 Å². The molecule has 3 aromatic carbocycles. The van der Waals surface area contributed by atoms with Gasteiger partial charge in [-0.2, -0.15) is 0 Å². The normalized spacial score (nSPS) is 16.5. The van der Waals surface area contributed by atoms with Crippen LogP contribution in [0.4, 0.5) is 5.69 Å². The second-order valence-corrected chi connectivity index (χ2v) is 9.36. The Balaban J connectivity index is 1.38. The molecule has 1 N–H and O–H groups in total. The van der Waals surface area contributed by atoms with E-state index in [4.69, 9.17) is 14.5 Å². The number of carbonyl (C=O) groups excluding carboxylic acids is 1. The van der Waals surface area contributed by atoms with Crippen LogP contribution in [0, 0.1) is 13.8 Å². The molecule has 186 valence electrons. The van der Waals surface area contributed by atoms with Crippen molar-refractivity contribution < 1.29 is 19.4 Å². The van der Waals surface area contributed by atoms with Crippen LogP contribution in [0.3, 0.4) is 0 Å². The maximum atomic E-state index is 13.1. The number of fused-ring (bicyclic) bond motifs is 1. The molecule has 0 bridgehead atoms. The first-order chi connectivity index (χ1) is 17.4. The molecule has 2 atom stereocenters. The van der Waals surface area contributed by atoms with Crippen molar-refractivity contribution in [1.29, 1.82) is 0 Å². The first-order valence-corrected chi connectivity index (χ1v) is 12.2. The summed E-state index contributed by atoms with van der Waals surface area (Å²) >= 11 is 0. The van der Waals surface area contributed by atoms with Crippen LogP contribution in [0.2, 0.25) is 0 Å². The molecular weight excluding hydrogens is 454 g/mol. The summed E-state index contributed by atoms with van der Waals surface area (Å²) in [5.41, 5.74) is 4.89. The van der Waals surface area contributed by atoms with E-state index in [-0.39, 0.29) is 18.4 Å². The number of carbonyl (C=O) groups is 1. The van der Waals surface area contributed by atoms with Gasteiger partial charge in [0.05, 0.1) is 30.4 Å². The van der Waals surface area contributed by atoms with Gasteiger partial charge < -0.3 is 24.0 Å². The number of ether oxygens (including phenoxy) is 2. The van der Waals surface area contributed by atoms with Gasteiger partial charge in [-0.1, -0.05) is 30.3 Å². The minimum absolute atomic E-state index is 0.0294. The fourth-order valence-electron chi connectivity index (χ4n) is 4.82. The number of aliphatic hydroxyl groups excluding tert-OH is 1. The molecule has 2 heterocycles. The average Bonchev–Trinajstić information content (AvgIpc) is 3.45. The molecule has 0 saturated carbocycles. The van der Waals surface area contributed by atoms with Crippen molar-refractivity contribution in [1.82, 2.24) is 9.55 Å². The number of nitrogens with zero attached hydrogens (tertiary/aromatic N) is 3. The minimum atomic E-state index is -0.745. The summed E-state index contributed by atoms with van der Waals surface area (Å²) in [5, 5.41) is 10.9. The van der Waals surface area contributed by atoms with Gasteiger partial charge in [0.25, 0.3) is 0 Å². The number of anilines is 1. The van der Waals surface area contributed by atoms with Crippen molar-refractivity contribution >= 4 is 22.6 Å². The molecule has 1 fully saturated rings. The summed E-state index contributed by atoms with van der Waals surface area (Å²) < 4.78 is 13.4. The van der Waals surface area contributed by atoms with Crippen LogP contribution < -0.4 is 14.4 Å². The maximum Gasteiger partial charge on any atom is 0.227 e. The van der Waals surface area contributed by atoms with Crippen molar-refractivity contribution in [3.8, 4) is 11.5 Å². The number of benzene rings is 3. The third-order valence-corrected chi connectivity index (χ3v) is 6.86. The van der Waals surface area contributed by atoms with Gasteiger partial charge in [-0.25, -0.2) is 4.98 Å². The number of aryl methyl sites for hydroxylation is 2. The van der Waals surface area contributed by atoms with E-state index in [0.717, 1.165) is 33.9 Å². The van der Waals surface area contributed by atoms with E-state index in [1.807, 2.05) is 78.2 Å². The van der Waals surface area contributed by atoms with Gasteiger partial charge in [-0.05, 0) is 61.4 Å². The molecule has 5 rings (SSSR count). The number of aliphatic hydroxyl groups is 1. The highest BCUT2D eigenvalue weighted by molar-refractivity contribution is 5.97.